The largest absolute Gasteiger partial charge is 0.364 e. The first kappa shape index (κ1) is 12.6. The van der Waals surface area contributed by atoms with E-state index in [9.17, 15) is 0 Å². The molecule has 92 valence electrons. The van der Waals surface area contributed by atoms with Gasteiger partial charge >= 0.3 is 0 Å². The van der Waals surface area contributed by atoms with Crippen LogP contribution in [0.1, 0.15) is 13.3 Å². The Hall–Kier alpha value is -0.880. The fraction of sp³-hybridized carbons (Fsp3) is 0.500. The van der Waals surface area contributed by atoms with Crippen LogP contribution in [0.15, 0.2) is 15.8 Å². The number of hydrogen-bond acceptors (Lipinski definition) is 5. The second-order valence-electron chi connectivity index (χ2n) is 3.94. The summed E-state index contributed by atoms with van der Waals surface area (Å²) in [6, 6.07) is 0.542. The molecule has 0 radical (unpaired) electrons. The summed E-state index contributed by atoms with van der Waals surface area (Å²) >= 11 is 9.16. The van der Waals surface area contributed by atoms with Crippen LogP contribution in [-0.2, 0) is 0 Å². The molecule has 1 aliphatic heterocycles. The average Bonchev–Trinajstić information content (AvgIpc) is 2.70. The third-order valence-corrected chi connectivity index (χ3v) is 3.51. The highest BCUT2D eigenvalue weighted by atomic mass is 79.9. The smallest absolute Gasteiger partial charge is 0.224 e. The van der Waals surface area contributed by atoms with E-state index in [1.165, 1.54) is 0 Å². The average molecular weight is 319 g/mol. The maximum Gasteiger partial charge on any atom is 0.224 e. The van der Waals surface area contributed by atoms with Crippen LogP contribution in [0, 0.1) is 0 Å². The van der Waals surface area contributed by atoms with E-state index in [4.69, 9.17) is 11.6 Å². The van der Waals surface area contributed by atoms with Gasteiger partial charge in [0.2, 0.25) is 5.28 Å². The van der Waals surface area contributed by atoms with Crippen molar-refractivity contribution in [1.82, 2.24) is 15.0 Å². The highest BCUT2D eigenvalue weighted by Gasteiger charge is 2.24. The fourth-order valence-electron chi connectivity index (χ4n) is 1.81. The minimum absolute atomic E-state index is 0.213. The lowest BCUT2D eigenvalue weighted by atomic mass is 10.1. The van der Waals surface area contributed by atoms with Crippen molar-refractivity contribution in [1.29, 1.82) is 0 Å². The van der Waals surface area contributed by atoms with Gasteiger partial charge in [-0.3, -0.25) is 5.01 Å². The van der Waals surface area contributed by atoms with Crippen LogP contribution in [0.25, 0.3) is 0 Å². The Kier molecular flexibility index (Phi) is 3.83. The number of rotatable bonds is 3. The maximum absolute atomic E-state index is 5.77. The molecule has 0 saturated heterocycles. The summed E-state index contributed by atoms with van der Waals surface area (Å²) in [5.74, 6) is 0.706. The second kappa shape index (κ2) is 5.18. The van der Waals surface area contributed by atoms with E-state index in [0.717, 1.165) is 10.9 Å². The third-order valence-electron chi connectivity index (χ3n) is 2.75. The Labute approximate surface area is 113 Å². The summed E-state index contributed by atoms with van der Waals surface area (Å²) in [4.78, 5) is 8.04. The van der Waals surface area contributed by atoms with Gasteiger partial charge in [0, 0.05) is 31.9 Å². The summed E-state index contributed by atoms with van der Waals surface area (Å²) in [6.07, 6.45) is 4.49. The highest BCUT2D eigenvalue weighted by Crippen LogP contribution is 2.23. The zero-order valence-electron chi connectivity index (χ0n) is 9.56. The molecule has 5 nitrogen and oxygen atoms in total. The van der Waals surface area contributed by atoms with Crippen LogP contribution in [-0.4, -0.2) is 40.3 Å². The molecule has 0 aromatic carbocycles. The number of hydrogen-bond donors (Lipinski definition) is 1. The molecular formula is C10H13BrClN5. The predicted octanol–water partition coefficient (Wildman–Crippen LogP) is 2.38. The first-order valence-corrected chi connectivity index (χ1v) is 6.45. The van der Waals surface area contributed by atoms with Crippen molar-refractivity contribution >= 4 is 39.6 Å². The van der Waals surface area contributed by atoms with Crippen molar-refractivity contribution in [3.8, 4) is 0 Å². The molecule has 1 aliphatic rings. The van der Waals surface area contributed by atoms with Crippen LogP contribution >= 0.6 is 27.5 Å². The SMILES string of the molecule is CC(Nc1nc(Cl)ncc1Br)[C@H]1CC=NN1C. The number of hydrazone groups is 1. The molecule has 0 spiro atoms. The minimum Gasteiger partial charge on any atom is -0.364 e. The standard InChI is InChI=1S/C10H13BrClN5/c1-6(8-3-4-14-17(8)2)15-9-7(11)5-13-10(12)16-9/h4-6,8H,3H2,1-2H3,(H,13,15,16)/t6?,8-/m1/s1. The van der Waals surface area contributed by atoms with Gasteiger partial charge in [0.15, 0.2) is 0 Å². The lowest BCUT2D eigenvalue weighted by Gasteiger charge is -2.26. The fourth-order valence-corrected chi connectivity index (χ4v) is 2.25. The molecule has 1 aromatic heterocycles. The van der Waals surface area contributed by atoms with Crippen molar-refractivity contribution in [3.05, 3.63) is 16.0 Å². The molecular weight excluding hydrogens is 306 g/mol. The summed E-state index contributed by atoms with van der Waals surface area (Å²) < 4.78 is 0.801. The minimum atomic E-state index is 0.213. The predicted molar refractivity (Wildman–Crippen MR) is 72.5 cm³/mol. The summed E-state index contributed by atoms with van der Waals surface area (Å²) in [5.41, 5.74) is 0. The molecule has 7 heteroatoms. The van der Waals surface area contributed by atoms with Gasteiger partial charge in [0.25, 0.3) is 0 Å². The van der Waals surface area contributed by atoms with Gasteiger partial charge in [-0.1, -0.05) is 0 Å². The zero-order valence-corrected chi connectivity index (χ0v) is 11.9. The first-order chi connectivity index (χ1) is 8.08. The number of nitrogens with one attached hydrogen (secondary N) is 1. The first-order valence-electron chi connectivity index (χ1n) is 5.28. The Morgan fingerprint density at radius 3 is 3.06 bits per heavy atom. The molecule has 0 bridgehead atoms. The van der Waals surface area contributed by atoms with E-state index >= 15 is 0 Å². The van der Waals surface area contributed by atoms with Crippen molar-refractivity contribution in [2.75, 3.05) is 12.4 Å². The van der Waals surface area contributed by atoms with Crippen LogP contribution in [0.5, 0.6) is 0 Å². The van der Waals surface area contributed by atoms with Gasteiger partial charge in [0.1, 0.15) is 5.82 Å². The van der Waals surface area contributed by atoms with E-state index in [1.54, 1.807) is 6.20 Å². The highest BCUT2D eigenvalue weighted by molar-refractivity contribution is 9.10. The lowest BCUT2D eigenvalue weighted by molar-refractivity contribution is 0.263. The number of anilines is 1. The Bertz CT molecular complexity index is 439. The molecule has 1 unspecified atom stereocenters. The maximum atomic E-state index is 5.77. The van der Waals surface area contributed by atoms with E-state index < -0.39 is 0 Å². The third kappa shape index (κ3) is 2.87. The van der Waals surface area contributed by atoms with Crippen molar-refractivity contribution in [2.24, 2.45) is 5.10 Å². The molecule has 1 aromatic rings. The van der Waals surface area contributed by atoms with Crippen molar-refractivity contribution in [2.45, 2.75) is 25.4 Å². The number of nitrogens with zero attached hydrogens (tertiary/aromatic N) is 4. The van der Waals surface area contributed by atoms with E-state index in [-0.39, 0.29) is 11.3 Å². The van der Waals surface area contributed by atoms with Crippen molar-refractivity contribution < 1.29 is 0 Å². The molecule has 2 heterocycles. The van der Waals surface area contributed by atoms with E-state index in [2.05, 4.69) is 43.2 Å². The van der Waals surface area contributed by atoms with Gasteiger partial charge in [-0.2, -0.15) is 10.1 Å². The van der Waals surface area contributed by atoms with E-state index in [1.807, 2.05) is 18.3 Å². The van der Waals surface area contributed by atoms with Crippen molar-refractivity contribution in [3.63, 3.8) is 0 Å². The molecule has 2 atom stereocenters. The number of halogens is 2. The molecule has 0 amide bonds. The van der Waals surface area contributed by atoms with Gasteiger partial charge < -0.3 is 5.32 Å². The van der Waals surface area contributed by atoms with Gasteiger partial charge in [0.05, 0.1) is 10.5 Å². The zero-order chi connectivity index (χ0) is 12.4. The number of aromatic nitrogens is 2. The second-order valence-corrected chi connectivity index (χ2v) is 5.14. The molecule has 1 N–H and O–H groups in total. The van der Waals surface area contributed by atoms with Gasteiger partial charge in [-0.05, 0) is 34.5 Å². The van der Waals surface area contributed by atoms with Gasteiger partial charge in [-0.25, -0.2) is 4.98 Å². The molecule has 0 saturated carbocycles. The van der Waals surface area contributed by atoms with Crippen LogP contribution in [0.3, 0.4) is 0 Å². The molecule has 0 aliphatic carbocycles. The Morgan fingerprint density at radius 1 is 1.65 bits per heavy atom. The van der Waals surface area contributed by atoms with Gasteiger partial charge in [-0.15, -0.1) is 0 Å². The molecule has 17 heavy (non-hydrogen) atoms. The topological polar surface area (TPSA) is 53.4 Å². The monoisotopic (exact) mass is 317 g/mol. The normalized spacial score (nSPS) is 20.7. The summed E-state index contributed by atoms with van der Waals surface area (Å²) in [5, 5.41) is 9.73. The lowest BCUT2D eigenvalue weighted by Crippen LogP contribution is -2.38. The molecule has 2 rings (SSSR count). The van der Waals surface area contributed by atoms with Crippen LogP contribution in [0.2, 0.25) is 5.28 Å². The summed E-state index contributed by atoms with van der Waals surface area (Å²) in [6.45, 7) is 2.10. The Morgan fingerprint density at radius 2 is 2.41 bits per heavy atom. The Balaban J connectivity index is 2.07. The van der Waals surface area contributed by atoms with E-state index in [0.29, 0.717) is 11.9 Å². The number of likely N-dealkylation sites (N-methyl/N-ethyl adjacent to an activating group) is 1. The molecule has 0 fully saturated rings. The van der Waals surface area contributed by atoms with Crippen LogP contribution < -0.4 is 5.32 Å². The summed E-state index contributed by atoms with van der Waals surface area (Å²) in [7, 11) is 1.97. The van der Waals surface area contributed by atoms with Crippen LogP contribution in [0.4, 0.5) is 5.82 Å². The quantitative estimate of drug-likeness (QED) is 0.870.